The quantitative estimate of drug-likeness (QED) is 0.699. The van der Waals surface area contributed by atoms with Crippen LogP contribution in [-0.2, 0) is 9.59 Å². The molecule has 2 N–H and O–H groups in total. The third-order valence-corrected chi connectivity index (χ3v) is 2.03. The highest BCUT2D eigenvalue weighted by molar-refractivity contribution is 5.86. The van der Waals surface area contributed by atoms with Crippen molar-refractivity contribution in [3.05, 3.63) is 0 Å². The van der Waals surface area contributed by atoms with Crippen LogP contribution in [0, 0.1) is 5.41 Å². The number of ketones is 1. The second kappa shape index (κ2) is 5.10. The van der Waals surface area contributed by atoms with Gasteiger partial charge in [0, 0.05) is 5.41 Å². The minimum atomic E-state index is -0.395. The lowest BCUT2D eigenvalue weighted by atomic mass is 9.90. The number of likely N-dealkylation sites (N-methyl/N-ethyl adjacent to an activating group) is 1. The van der Waals surface area contributed by atoms with Crippen molar-refractivity contribution < 1.29 is 9.59 Å². The fraction of sp³-hybridized carbons (Fsp3) is 0.800. The Morgan fingerprint density at radius 3 is 2.00 bits per heavy atom. The van der Waals surface area contributed by atoms with Crippen LogP contribution in [0.3, 0.4) is 0 Å². The molecule has 0 unspecified atom stereocenters. The summed E-state index contributed by atoms with van der Waals surface area (Å²) in [6, 6.07) is 0. The zero-order valence-corrected chi connectivity index (χ0v) is 9.46. The van der Waals surface area contributed by atoms with Crippen molar-refractivity contribution in [1.29, 1.82) is 0 Å². The maximum atomic E-state index is 11.6. The Hall–Kier alpha value is -0.900. The minimum Gasteiger partial charge on any atom is -0.369 e. The molecular weight excluding hydrogens is 180 g/mol. The van der Waals surface area contributed by atoms with E-state index in [1.165, 1.54) is 0 Å². The van der Waals surface area contributed by atoms with Crippen LogP contribution in [-0.4, -0.2) is 36.2 Å². The van der Waals surface area contributed by atoms with Crippen LogP contribution in [0.2, 0.25) is 0 Å². The lowest BCUT2D eigenvalue weighted by Crippen LogP contribution is -2.40. The van der Waals surface area contributed by atoms with Crippen LogP contribution >= 0.6 is 0 Å². The van der Waals surface area contributed by atoms with Crippen molar-refractivity contribution in [2.45, 2.75) is 27.7 Å². The number of rotatable bonds is 5. The molecule has 4 heteroatoms. The van der Waals surface area contributed by atoms with Gasteiger partial charge < -0.3 is 5.73 Å². The molecule has 0 atom stereocenters. The maximum absolute atomic E-state index is 11.6. The smallest absolute Gasteiger partial charge is 0.231 e. The third kappa shape index (κ3) is 4.97. The summed E-state index contributed by atoms with van der Waals surface area (Å²) in [5.41, 5.74) is 4.71. The molecule has 0 fully saturated rings. The van der Waals surface area contributed by atoms with Gasteiger partial charge >= 0.3 is 0 Å². The van der Waals surface area contributed by atoms with E-state index >= 15 is 0 Å². The Morgan fingerprint density at radius 1 is 1.21 bits per heavy atom. The highest BCUT2D eigenvalue weighted by Gasteiger charge is 2.23. The van der Waals surface area contributed by atoms with Gasteiger partial charge in [0.15, 0.2) is 5.78 Å². The average molecular weight is 200 g/mol. The monoisotopic (exact) mass is 200 g/mol. The molecule has 0 bridgehead atoms. The number of amides is 1. The Bertz CT molecular complexity index is 219. The minimum absolute atomic E-state index is 0.126. The summed E-state index contributed by atoms with van der Waals surface area (Å²) < 4.78 is 0. The molecule has 0 aliphatic carbocycles. The second-order valence-corrected chi connectivity index (χ2v) is 4.44. The topological polar surface area (TPSA) is 63.4 Å². The van der Waals surface area contributed by atoms with Crippen molar-refractivity contribution >= 4 is 11.7 Å². The van der Waals surface area contributed by atoms with Gasteiger partial charge in [0.05, 0.1) is 13.1 Å². The van der Waals surface area contributed by atoms with E-state index in [9.17, 15) is 9.59 Å². The van der Waals surface area contributed by atoms with Gasteiger partial charge in [-0.25, -0.2) is 0 Å². The molecule has 0 aliphatic heterocycles. The Labute approximate surface area is 85.4 Å². The predicted octanol–water partition coefficient (Wildman–Crippen LogP) is 0.409. The summed E-state index contributed by atoms with van der Waals surface area (Å²) in [5.74, 6) is -0.269. The number of hydrogen-bond acceptors (Lipinski definition) is 3. The summed E-state index contributed by atoms with van der Waals surface area (Å²) >= 11 is 0. The number of hydrogen-bond donors (Lipinski definition) is 1. The van der Waals surface area contributed by atoms with Crippen molar-refractivity contribution in [1.82, 2.24) is 4.90 Å². The van der Waals surface area contributed by atoms with Crippen molar-refractivity contribution in [2.75, 3.05) is 19.6 Å². The summed E-state index contributed by atoms with van der Waals surface area (Å²) in [6.45, 7) is 8.61. The standard InChI is InChI=1S/C10H20N2O2/c1-5-12(7-9(11)14)6-8(13)10(2,3)4/h5-7H2,1-4H3,(H2,11,14). The van der Waals surface area contributed by atoms with Gasteiger partial charge in [0.1, 0.15) is 0 Å². The highest BCUT2D eigenvalue weighted by atomic mass is 16.1. The first-order valence-corrected chi connectivity index (χ1v) is 4.81. The van der Waals surface area contributed by atoms with Gasteiger partial charge in [0.2, 0.25) is 5.91 Å². The zero-order valence-electron chi connectivity index (χ0n) is 9.46. The predicted molar refractivity (Wildman–Crippen MR) is 55.8 cm³/mol. The third-order valence-electron chi connectivity index (χ3n) is 2.03. The van der Waals surface area contributed by atoms with Crippen molar-refractivity contribution in [3.63, 3.8) is 0 Å². The number of primary amides is 1. The lowest BCUT2D eigenvalue weighted by Gasteiger charge is -2.23. The Balaban J connectivity index is 4.19. The number of carbonyl (C=O) groups is 2. The van der Waals surface area contributed by atoms with E-state index < -0.39 is 5.91 Å². The molecule has 0 aromatic rings. The molecule has 0 aromatic heterocycles. The summed E-state index contributed by atoms with van der Waals surface area (Å²) in [5, 5.41) is 0. The summed E-state index contributed by atoms with van der Waals surface area (Å²) in [7, 11) is 0. The van der Waals surface area contributed by atoms with Gasteiger partial charge in [-0.1, -0.05) is 27.7 Å². The number of nitrogens with two attached hydrogens (primary N) is 1. The second-order valence-electron chi connectivity index (χ2n) is 4.44. The molecule has 1 amide bonds. The van der Waals surface area contributed by atoms with E-state index in [1.807, 2.05) is 27.7 Å². The van der Waals surface area contributed by atoms with Crippen LogP contribution in [0.4, 0.5) is 0 Å². The molecular formula is C10H20N2O2. The summed E-state index contributed by atoms with van der Waals surface area (Å²) in [4.78, 5) is 24.0. The first kappa shape index (κ1) is 13.1. The van der Waals surface area contributed by atoms with Crippen LogP contribution in [0.5, 0.6) is 0 Å². The fourth-order valence-corrected chi connectivity index (χ4v) is 0.940. The largest absolute Gasteiger partial charge is 0.369 e. The molecule has 82 valence electrons. The van der Waals surface area contributed by atoms with E-state index in [2.05, 4.69) is 0 Å². The van der Waals surface area contributed by atoms with Gasteiger partial charge in [0.25, 0.3) is 0 Å². The molecule has 14 heavy (non-hydrogen) atoms. The first-order chi connectivity index (χ1) is 6.27. The van der Waals surface area contributed by atoms with Crippen LogP contribution in [0.25, 0.3) is 0 Å². The fourth-order valence-electron chi connectivity index (χ4n) is 0.940. The number of carbonyl (C=O) groups excluding carboxylic acids is 2. The van der Waals surface area contributed by atoms with Gasteiger partial charge in [-0.15, -0.1) is 0 Å². The molecule has 0 saturated heterocycles. The van der Waals surface area contributed by atoms with Gasteiger partial charge in [-0.2, -0.15) is 0 Å². The molecule has 0 aliphatic rings. The highest BCUT2D eigenvalue weighted by Crippen LogP contribution is 2.14. The van der Waals surface area contributed by atoms with Gasteiger partial charge in [-0.3, -0.25) is 14.5 Å². The zero-order chi connectivity index (χ0) is 11.4. The van der Waals surface area contributed by atoms with E-state index in [0.29, 0.717) is 13.1 Å². The average Bonchev–Trinajstić information content (AvgIpc) is 2.00. The molecule has 0 radical (unpaired) electrons. The van der Waals surface area contributed by atoms with Crippen LogP contribution in [0.15, 0.2) is 0 Å². The normalized spacial score (nSPS) is 11.8. The Kier molecular flexibility index (Phi) is 4.77. The number of nitrogens with zero attached hydrogens (tertiary/aromatic N) is 1. The van der Waals surface area contributed by atoms with Gasteiger partial charge in [-0.05, 0) is 6.54 Å². The van der Waals surface area contributed by atoms with Crippen LogP contribution in [0.1, 0.15) is 27.7 Å². The van der Waals surface area contributed by atoms with E-state index in [4.69, 9.17) is 5.73 Å². The molecule has 0 rings (SSSR count). The Morgan fingerprint density at radius 2 is 1.71 bits per heavy atom. The molecule has 0 heterocycles. The SMILES string of the molecule is CCN(CC(N)=O)CC(=O)C(C)(C)C. The lowest BCUT2D eigenvalue weighted by molar-refractivity contribution is -0.128. The summed E-state index contributed by atoms with van der Waals surface area (Å²) in [6.07, 6.45) is 0. The van der Waals surface area contributed by atoms with Crippen molar-refractivity contribution in [3.8, 4) is 0 Å². The van der Waals surface area contributed by atoms with Crippen LogP contribution < -0.4 is 5.73 Å². The molecule has 4 nitrogen and oxygen atoms in total. The molecule has 0 spiro atoms. The molecule has 0 aromatic carbocycles. The van der Waals surface area contributed by atoms with Crippen molar-refractivity contribution in [2.24, 2.45) is 11.1 Å². The van der Waals surface area contributed by atoms with E-state index in [0.717, 1.165) is 0 Å². The van der Waals surface area contributed by atoms with E-state index in [1.54, 1.807) is 4.90 Å². The van der Waals surface area contributed by atoms with E-state index in [-0.39, 0.29) is 17.7 Å². The molecule has 0 saturated carbocycles. The number of Topliss-reactive ketones (excluding diaryl/α,β-unsaturated/α-hetero) is 1. The maximum Gasteiger partial charge on any atom is 0.231 e. The first-order valence-electron chi connectivity index (χ1n) is 4.81.